The highest BCUT2D eigenvalue weighted by molar-refractivity contribution is 5.85. The maximum absolute atomic E-state index is 12.3. The van der Waals surface area contributed by atoms with Crippen LogP contribution in [0.1, 0.15) is 30.0 Å². The Bertz CT molecular complexity index is 804. The summed E-state index contributed by atoms with van der Waals surface area (Å²) in [5.74, 6) is 0.472. The van der Waals surface area contributed by atoms with Crippen LogP contribution in [0.25, 0.3) is 0 Å². The van der Waals surface area contributed by atoms with Gasteiger partial charge in [0.15, 0.2) is 0 Å². The van der Waals surface area contributed by atoms with Gasteiger partial charge in [-0.05, 0) is 49.2 Å². The summed E-state index contributed by atoms with van der Waals surface area (Å²) >= 11 is 0. The Hall–Kier alpha value is -2.86. The number of rotatable bonds is 9. The molecule has 0 aromatic heterocycles. The number of benzene rings is 2. The largest absolute Gasteiger partial charge is 0.497 e. The van der Waals surface area contributed by atoms with Crippen molar-refractivity contribution in [3.8, 4) is 5.75 Å². The Balaban J connectivity index is 1.52. The Kier molecular flexibility index (Phi) is 7.64. The Morgan fingerprint density at radius 2 is 1.76 bits per heavy atom. The summed E-state index contributed by atoms with van der Waals surface area (Å²) in [4.78, 5) is 26.7. The number of methoxy groups -OCH3 is 1. The minimum atomic E-state index is -0.182. The molecule has 0 saturated carbocycles. The van der Waals surface area contributed by atoms with Crippen LogP contribution in [0.4, 0.5) is 0 Å². The third-order valence-corrected chi connectivity index (χ3v) is 5.21. The van der Waals surface area contributed by atoms with Crippen LogP contribution in [0.3, 0.4) is 0 Å². The number of nitrogens with one attached hydrogen (secondary N) is 2. The van der Waals surface area contributed by atoms with Crippen LogP contribution in [0, 0.1) is 0 Å². The number of hydrogen-bond acceptors (Lipinski definition) is 4. The lowest BCUT2D eigenvalue weighted by Gasteiger charge is -2.28. The molecule has 29 heavy (non-hydrogen) atoms. The summed E-state index contributed by atoms with van der Waals surface area (Å²) in [6, 6.07) is 17.6. The fourth-order valence-electron chi connectivity index (χ4n) is 3.66. The molecular formula is C23H29N3O3. The van der Waals surface area contributed by atoms with E-state index < -0.39 is 0 Å². The van der Waals surface area contributed by atoms with Crippen molar-refractivity contribution in [1.29, 1.82) is 0 Å². The highest BCUT2D eigenvalue weighted by Gasteiger charge is 2.24. The van der Waals surface area contributed by atoms with Gasteiger partial charge in [0, 0.05) is 6.54 Å². The average molecular weight is 396 g/mol. The van der Waals surface area contributed by atoms with E-state index in [-0.39, 0.29) is 30.8 Å². The van der Waals surface area contributed by atoms with E-state index in [1.54, 1.807) is 7.11 Å². The first-order chi connectivity index (χ1) is 14.2. The molecule has 6 heteroatoms. The Morgan fingerprint density at radius 3 is 2.48 bits per heavy atom. The van der Waals surface area contributed by atoms with Crippen molar-refractivity contribution in [2.45, 2.75) is 25.3 Å². The standard InChI is InChI=1S/C23H29N3O3/c1-29-20-11-7-10-19(15-20)21(26-12-5-6-13-26)16-24-23(28)17-25-22(27)14-18-8-3-2-4-9-18/h2-4,7-11,15,21H,5-6,12-14,16-17H2,1H3,(H,24,28)(H,25,27). The van der Waals surface area contributed by atoms with Crippen molar-refractivity contribution < 1.29 is 14.3 Å². The zero-order chi connectivity index (χ0) is 20.5. The van der Waals surface area contributed by atoms with Crippen LogP contribution in [0.15, 0.2) is 54.6 Å². The molecule has 1 aliphatic rings. The van der Waals surface area contributed by atoms with Crippen LogP contribution >= 0.6 is 0 Å². The van der Waals surface area contributed by atoms with Gasteiger partial charge in [-0.25, -0.2) is 0 Å². The first kappa shape index (κ1) is 20.9. The molecule has 3 rings (SSSR count). The normalized spacial score (nSPS) is 14.9. The molecule has 1 atom stereocenters. The van der Waals surface area contributed by atoms with Gasteiger partial charge in [0.05, 0.1) is 26.1 Å². The minimum absolute atomic E-state index is 0.0174. The maximum atomic E-state index is 12.3. The summed E-state index contributed by atoms with van der Waals surface area (Å²) in [5.41, 5.74) is 2.05. The number of carbonyl (C=O) groups is 2. The van der Waals surface area contributed by atoms with E-state index in [4.69, 9.17) is 4.74 Å². The molecular weight excluding hydrogens is 366 g/mol. The van der Waals surface area contributed by atoms with Gasteiger partial charge in [-0.15, -0.1) is 0 Å². The minimum Gasteiger partial charge on any atom is -0.497 e. The van der Waals surface area contributed by atoms with E-state index in [1.165, 1.54) is 12.8 Å². The number of carbonyl (C=O) groups excluding carboxylic acids is 2. The molecule has 2 aromatic rings. The monoisotopic (exact) mass is 395 g/mol. The van der Waals surface area contributed by atoms with Gasteiger partial charge in [-0.3, -0.25) is 14.5 Å². The Morgan fingerprint density at radius 1 is 1.00 bits per heavy atom. The predicted octanol–water partition coefficient (Wildman–Crippen LogP) is 2.31. The smallest absolute Gasteiger partial charge is 0.239 e. The van der Waals surface area contributed by atoms with Crippen molar-refractivity contribution in [2.24, 2.45) is 0 Å². The molecule has 2 N–H and O–H groups in total. The maximum Gasteiger partial charge on any atom is 0.239 e. The van der Waals surface area contributed by atoms with E-state index in [0.29, 0.717) is 6.54 Å². The molecule has 0 aliphatic carbocycles. The topological polar surface area (TPSA) is 70.7 Å². The second-order valence-electron chi connectivity index (χ2n) is 7.28. The fourth-order valence-corrected chi connectivity index (χ4v) is 3.66. The summed E-state index contributed by atoms with van der Waals surface area (Å²) in [5, 5.41) is 5.68. The van der Waals surface area contributed by atoms with Crippen molar-refractivity contribution in [2.75, 3.05) is 33.3 Å². The molecule has 1 heterocycles. The van der Waals surface area contributed by atoms with Crippen LogP contribution in [-0.2, 0) is 16.0 Å². The van der Waals surface area contributed by atoms with Crippen molar-refractivity contribution in [1.82, 2.24) is 15.5 Å². The molecule has 1 unspecified atom stereocenters. The van der Waals surface area contributed by atoms with Crippen LogP contribution in [0.5, 0.6) is 5.75 Å². The van der Waals surface area contributed by atoms with Crippen molar-refractivity contribution in [3.63, 3.8) is 0 Å². The number of ether oxygens (including phenoxy) is 1. The molecule has 6 nitrogen and oxygen atoms in total. The summed E-state index contributed by atoms with van der Waals surface area (Å²) in [7, 11) is 1.66. The van der Waals surface area contributed by atoms with Gasteiger partial charge >= 0.3 is 0 Å². The molecule has 1 fully saturated rings. The quantitative estimate of drug-likeness (QED) is 0.684. The van der Waals surface area contributed by atoms with E-state index in [1.807, 2.05) is 48.5 Å². The van der Waals surface area contributed by atoms with Gasteiger partial charge in [0.1, 0.15) is 5.75 Å². The first-order valence-corrected chi connectivity index (χ1v) is 10.1. The van der Waals surface area contributed by atoms with Crippen LogP contribution < -0.4 is 15.4 Å². The number of hydrogen-bond donors (Lipinski definition) is 2. The number of likely N-dealkylation sites (tertiary alicyclic amines) is 1. The van der Waals surface area contributed by atoms with Gasteiger partial charge in [-0.2, -0.15) is 0 Å². The molecule has 0 radical (unpaired) electrons. The Labute approximate surface area is 172 Å². The molecule has 2 amide bonds. The molecule has 0 spiro atoms. The van der Waals surface area contributed by atoms with Crippen molar-refractivity contribution in [3.05, 3.63) is 65.7 Å². The molecule has 2 aromatic carbocycles. The SMILES string of the molecule is COc1cccc(C(CNC(=O)CNC(=O)Cc2ccccc2)N2CCCC2)c1. The van der Waals surface area contributed by atoms with Gasteiger partial charge < -0.3 is 15.4 Å². The molecule has 0 bridgehead atoms. The van der Waals surface area contributed by atoms with E-state index in [9.17, 15) is 9.59 Å². The molecule has 1 aliphatic heterocycles. The molecule has 154 valence electrons. The average Bonchev–Trinajstić information content (AvgIpc) is 3.28. The second-order valence-corrected chi connectivity index (χ2v) is 7.28. The number of nitrogens with zero attached hydrogens (tertiary/aromatic N) is 1. The van der Waals surface area contributed by atoms with Crippen LogP contribution in [0.2, 0.25) is 0 Å². The summed E-state index contributed by atoms with van der Waals surface area (Å²) < 4.78 is 5.35. The molecule has 1 saturated heterocycles. The van der Waals surface area contributed by atoms with Gasteiger partial charge in [0.2, 0.25) is 11.8 Å². The van der Waals surface area contributed by atoms with E-state index >= 15 is 0 Å². The van der Waals surface area contributed by atoms with Gasteiger partial charge in [-0.1, -0.05) is 42.5 Å². The summed E-state index contributed by atoms with van der Waals surface area (Å²) in [6.07, 6.45) is 2.61. The highest BCUT2D eigenvalue weighted by atomic mass is 16.5. The third kappa shape index (κ3) is 6.32. The fraction of sp³-hybridized carbons (Fsp3) is 0.391. The van der Waals surface area contributed by atoms with Crippen molar-refractivity contribution >= 4 is 11.8 Å². The predicted molar refractivity (Wildman–Crippen MR) is 113 cm³/mol. The first-order valence-electron chi connectivity index (χ1n) is 10.1. The van der Waals surface area contributed by atoms with E-state index in [0.717, 1.165) is 30.0 Å². The number of amides is 2. The lowest BCUT2D eigenvalue weighted by molar-refractivity contribution is -0.125. The lowest BCUT2D eigenvalue weighted by atomic mass is 10.0. The summed E-state index contributed by atoms with van der Waals surface area (Å²) in [6.45, 7) is 2.52. The van der Waals surface area contributed by atoms with E-state index in [2.05, 4.69) is 21.6 Å². The second kappa shape index (κ2) is 10.6. The third-order valence-electron chi connectivity index (χ3n) is 5.21. The van der Waals surface area contributed by atoms with Gasteiger partial charge in [0.25, 0.3) is 0 Å². The lowest BCUT2D eigenvalue weighted by Crippen LogP contribution is -2.41. The zero-order valence-electron chi connectivity index (χ0n) is 16.9. The zero-order valence-corrected chi connectivity index (χ0v) is 16.9. The highest BCUT2D eigenvalue weighted by Crippen LogP contribution is 2.27. The van der Waals surface area contributed by atoms with Crippen LogP contribution in [-0.4, -0.2) is 50.0 Å².